The number of aliphatic hydroxyl groups is 1. The first-order valence-corrected chi connectivity index (χ1v) is 6.53. The van der Waals surface area contributed by atoms with Gasteiger partial charge in [-0.25, -0.2) is 4.39 Å². The number of rotatable bonds is 4. The maximum Gasteiger partial charge on any atom is 0.123 e. The number of nitrogens with zero attached hydrogens (tertiary/aromatic N) is 2. The number of aliphatic hydroxyl groups excluding tert-OH is 1. The highest BCUT2D eigenvalue weighted by atomic mass is 19.1. The van der Waals surface area contributed by atoms with E-state index in [1.165, 1.54) is 12.1 Å². The normalized spacial score (nSPS) is 19.9. The van der Waals surface area contributed by atoms with Gasteiger partial charge in [-0.1, -0.05) is 12.1 Å². The molecule has 1 aliphatic heterocycles. The minimum atomic E-state index is -0.182. The zero-order valence-electron chi connectivity index (χ0n) is 10.8. The first-order valence-electron chi connectivity index (χ1n) is 6.53. The van der Waals surface area contributed by atoms with Gasteiger partial charge < -0.3 is 5.11 Å². The Bertz CT molecular complexity index is 361. The zero-order valence-corrected chi connectivity index (χ0v) is 10.8. The van der Waals surface area contributed by atoms with Crippen molar-refractivity contribution in [1.29, 1.82) is 0 Å². The first-order chi connectivity index (χ1) is 8.70. The predicted molar refractivity (Wildman–Crippen MR) is 69.9 cm³/mol. The maximum absolute atomic E-state index is 12.9. The van der Waals surface area contributed by atoms with Gasteiger partial charge in [-0.2, -0.15) is 0 Å². The molecule has 0 bridgehead atoms. The second kappa shape index (κ2) is 6.27. The summed E-state index contributed by atoms with van der Waals surface area (Å²) in [6.07, 6.45) is 0. The molecular weight excluding hydrogens is 231 g/mol. The van der Waals surface area contributed by atoms with Crippen LogP contribution in [0.15, 0.2) is 24.3 Å². The molecule has 0 amide bonds. The number of β-amino-alcohol motifs (C(OH)–C–C–N with tert-alkyl or cyclic N) is 1. The molecule has 0 unspecified atom stereocenters. The van der Waals surface area contributed by atoms with Gasteiger partial charge in [-0.05, 0) is 24.6 Å². The lowest BCUT2D eigenvalue weighted by Crippen LogP contribution is -2.47. The highest BCUT2D eigenvalue weighted by molar-refractivity contribution is 5.19. The van der Waals surface area contributed by atoms with Crippen LogP contribution in [0.3, 0.4) is 0 Å². The van der Waals surface area contributed by atoms with E-state index in [9.17, 15) is 4.39 Å². The largest absolute Gasteiger partial charge is 0.395 e. The molecule has 0 radical (unpaired) electrons. The maximum atomic E-state index is 12.9. The standard InChI is InChI=1S/C14H21FN2O/c1-12(13-2-4-14(15)5-3-13)17-8-6-16(7-9-17)10-11-18/h2-5,12,18H,6-11H2,1H3/t12-/m0/s1. The summed E-state index contributed by atoms with van der Waals surface area (Å²) in [5.41, 5.74) is 1.16. The Labute approximate surface area is 108 Å². The van der Waals surface area contributed by atoms with Crippen molar-refractivity contribution in [2.24, 2.45) is 0 Å². The van der Waals surface area contributed by atoms with Gasteiger partial charge in [-0.15, -0.1) is 0 Å². The van der Waals surface area contributed by atoms with Crippen molar-refractivity contribution >= 4 is 0 Å². The summed E-state index contributed by atoms with van der Waals surface area (Å²) in [6, 6.07) is 7.09. The van der Waals surface area contributed by atoms with Crippen molar-refractivity contribution in [2.45, 2.75) is 13.0 Å². The van der Waals surface area contributed by atoms with Crippen molar-refractivity contribution in [1.82, 2.24) is 9.80 Å². The van der Waals surface area contributed by atoms with E-state index in [0.29, 0.717) is 6.04 Å². The van der Waals surface area contributed by atoms with Gasteiger partial charge >= 0.3 is 0 Å². The molecule has 3 nitrogen and oxygen atoms in total. The monoisotopic (exact) mass is 252 g/mol. The number of hydrogen-bond donors (Lipinski definition) is 1. The molecule has 1 aliphatic rings. The fraction of sp³-hybridized carbons (Fsp3) is 0.571. The molecule has 100 valence electrons. The molecule has 4 heteroatoms. The van der Waals surface area contributed by atoms with Gasteiger partial charge in [0.05, 0.1) is 6.61 Å². The molecule has 1 aromatic rings. The summed E-state index contributed by atoms with van der Waals surface area (Å²) in [5, 5.41) is 8.91. The summed E-state index contributed by atoms with van der Waals surface area (Å²) < 4.78 is 12.9. The Morgan fingerprint density at radius 1 is 1.17 bits per heavy atom. The Balaban J connectivity index is 1.91. The molecule has 1 fully saturated rings. The topological polar surface area (TPSA) is 26.7 Å². The van der Waals surface area contributed by atoms with Gasteiger partial charge in [-0.3, -0.25) is 9.80 Å². The smallest absolute Gasteiger partial charge is 0.123 e. The van der Waals surface area contributed by atoms with E-state index >= 15 is 0 Å². The zero-order chi connectivity index (χ0) is 13.0. The second-order valence-electron chi connectivity index (χ2n) is 4.83. The Morgan fingerprint density at radius 3 is 2.33 bits per heavy atom. The fourth-order valence-corrected chi connectivity index (χ4v) is 2.47. The van der Waals surface area contributed by atoms with Gasteiger partial charge in [0.2, 0.25) is 0 Å². The highest BCUT2D eigenvalue weighted by Crippen LogP contribution is 2.21. The minimum Gasteiger partial charge on any atom is -0.395 e. The number of halogens is 1. The van der Waals surface area contributed by atoms with Crippen LogP contribution in [-0.4, -0.2) is 54.2 Å². The van der Waals surface area contributed by atoms with Gasteiger partial charge in [0.25, 0.3) is 0 Å². The third-order valence-electron chi connectivity index (χ3n) is 3.72. The molecule has 1 atom stereocenters. The molecule has 0 saturated carbocycles. The Hall–Kier alpha value is -0.970. The van der Waals surface area contributed by atoms with E-state index in [1.807, 2.05) is 12.1 Å². The third kappa shape index (κ3) is 3.28. The van der Waals surface area contributed by atoms with Crippen LogP contribution < -0.4 is 0 Å². The molecule has 0 aliphatic carbocycles. The lowest BCUT2D eigenvalue weighted by atomic mass is 10.1. The average molecular weight is 252 g/mol. The van der Waals surface area contributed by atoms with E-state index in [-0.39, 0.29) is 12.4 Å². The summed E-state index contributed by atoms with van der Waals surface area (Å²) in [7, 11) is 0. The van der Waals surface area contributed by atoms with E-state index in [2.05, 4.69) is 16.7 Å². The summed E-state index contributed by atoms with van der Waals surface area (Å²) in [6.45, 7) is 7.14. The predicted octanol–water partition coefficient (Wildman–Crippen LogP) is 1.50. The van der Waals surface area contributed by atoms with Crippen LogP contribution in [0.2, 0.25) is 0 Å². The summed E-state index contributed by atoms with van der Waals surface area (Å²) >= 11 is 0. The molecule has 1 saturated heterocycles. The van der Waals surface area contributed by atoms with Crippen molar-refractivity contribution in [3.8, 4) is 0 Å². The van der Waals surface area contributed by atoms with Gasteiger partial charge in [0.15, 0.2) is 0 Å². The molecular formula is C14H21FN2O. The molecule has 1 heterocycles. The van der Waals surface area contributed by atoms with Crippen LogP contribution in [0.4, 0.5) is 4.39 Å². The molecule has 0 spiro atoms. The fourth-order valence-electron chi connectivity index (χ4n) is 2.47. The van der Waals surface area contributed by atoms with E-state index in [4.69, 9.17) is 5.11 Å². The average Bonchev–Trinajstić information content (AvgIpc) is 2.40. The van der Waals surface area contributed by atoms with E-state index in [1.54, 1.807) is 0 Å². The summed E-state index contributed by atoms with van der Waals surface area (Å²) in [4.78, 5) is 4.68. The van der Waals surface area contributed by atoms with Crippen LogP contribution in [0, 0.1) is 5.82 Å². The van der Waals surface area contributed by atoms with Crippen molar-refractivity contribution in [3.05, 3.63) is 35.6 Å². The van der Waals surface area contributed by atoms with Gasteiger partial charge in [0.1, 0.15) is 5.82 Å². The lowest BCUT2D eigenvalue weighted by Gasteiger charge is -2.38. The lowest BCUT2D eigenvalue weighted by molar-refractivity contribution is 0.0888. The Morgan fingerprint density at radius 2 is 1.78 bits per heavy atom. The summed E-state index contributed by atoms with van der Waals surface area (Å²) in [5.74, 6) is -0.182. The first kappa shape index (κ1) is 13.5. The number of hydrogen-bond acceptors (Lipinski definition) is 3. The van der Waals surface area contributed by atoms with Crippen LogP contribution in [0.25, 0.3) is 0 Å². The van der Waals surface area contributed by atoms with E-state index in [0.717, 1.165) is 38.3 Å². The van der Waals surface area contributed by atoms with Gasteiger partial charge in [0, 0.05) is 38.8 Å². The van der Waals surface area contributed by atoms with E-state index < -0.39 is 0 Å². The van der Waals surface area contributed by atoms with Crippen LogP contribution in [-0.2, 0) is 0 Å². The van der Waals surface area contributed by atoms with Crippen molar-refractivity contribution in [2.75, 3.05) is 39.3 Å². The van der Waals surface area contributed by atoms with Crippen molar-refractivity contribution < 1.29 is 9.50 Å². The van der Waals surface area contributed by atoms with Crippen LogP contribution in [0.1, 0.15) is 18.5 Å². The van der Waals surface area contributed by atoms with Crippen LogP contribution >= 0.6 is 0 Å². The quantitative estimate of drug-likeness (QED) is 0.879. The molecule has 1 N–H and O–H groups in total. The SMILES string of the molecule is C[C@@H](c1ccc(F)cc1)N1CCN(CCO)CC1. The number of benzene rings is 1. The highest BCUT2D eigenvalue weighted by Gasteiger charge is 2.21. The van der Waals surface area contributed by atoms with Crippen LogP contribution in [0.5, 0.6) is 0 Å². The second-order valence-corrected chi connectivity index (χ2v) is 4.83. The molecule has 0 aromatic heterocycles. The molecule has 2 rings (SSSR count). The van der Waals surface area contributed by atoms with Crippen molar-refractivity contribution in [3.63, 3.8) is 0 Å². The number of piperazine rings is 1. The Kier molecular flexibility index (Phi) is 4.69. The minimum absolute atomic E-state index is 0.182. The molecule has 18 heavy (non-hydrogen) atoms. The molecule has 1 aromatic carbocycles. The third-order valence-corrected chi connectivity index (χ3v) is 3.72.